The lowest BCUT2D eigenvalue weighted by atomic mass is 10.1. The average molecular weight is 283 g/mol. The Morgan fingerprint density at radius 3 is 2.68 bits per heavy atom. The summed E-state index contributed by atoms with van der Waals surface area (Å²) in [4.78, 5) is 18.0. The normalized spacial score (nSPS) is 10.8. The number of unbranched alkanes of at least 4 members (excludes halogenated alkanes) is 5. The van der Waals surface area contributed by atoms with Crippen LogP contribution >= 0.6 is 11.8 Å². The summed E-state index contributed by atoms with van der Waals surface area (Å²) in [5.41, 5.74) is 5.37. The molecule has 3 N–H and O–H groups in total. The number of anilines is 1. The molecule has 0 aliphatic carbocycles. The molecular weight excluding hydrogens is 258 g/mol. The van der Waals surface area contributed by atoms with Crippen LogP contribution in [0.5, 0.6) is 0 Å². The third-order valence-electron chi connectivity index (χ3n) is 2.94. The summed E-state index contributed by atoms with van der Waals surface area (Å²) in [6.45, 7) is 2.24. The van der Waals surface area contributed by atoms with Crippen LogP contribution in [0.1, 0.15) is 51.3 Å². The largest absolute Gasteiger partial charge is 0.383 e. The van der Waals surface area contributed by atoms with Crippen molar-refractivity contribution >= 4 is 17.6 Å². The van der Waals surface area contributed by atoms with E-state index < -0.39 is 0 Å². The molecule has 0 aliphatic rings. The van der Waals surface area contributed by atoms with Crippen LogP contribution in [-0.2, 0) is 6.42 Å². The Kier molecular flexibility index (Phi) is 8.38. The molecule has 0 unspecified atom stereocenters. The van der Waals surface area contributed by atoms with Crippen molar-refractivity contribution in [3.63, 3.8) is 0 Å². The standard InChI is InChI=1S/C14H25N3OS/c1-2-3-4-5-6-7-9-19-10-8-13-16-12(15)11-14(18)17-13/h11H,2-10H2,1H3,(H3,15,16,17,18). The number of nitrogen functional groups attached to an aromatic ring is 1. The van der Waals surface area contributed by atoms with Crippen LogP contribution in [0, 0.1) is 0 Å². The molecule has 0 spiro atoms. The van der Waals surface area contributed by atoms with E-state index >= 15 is 0 Å². The Morgan fingerprint density at radius 2 is 1.95 bits per heavy atom. The summed E-state index contributed by atoms with van der Waals surface area (Å²) in [6.07, 6.45) is 8.80. The smallest absolute Gasteiger partial charge is 0.252 e. The first-order valence-corrected chi connectivity index (χ1v) is 8.31. The molecule has 0 fully saturated rings. The SMILES string of the molecule is CCCCCCCCSCCc1nc(N)cc(=O)[nH]1. The Bertz CT molecular complexity index is 406. The number of thioether (sulfide) groups is 1. The van der Waals surface area contributed by atoms with Crippen LogP contribution in [-0.4, -0.2) is 21.5 Å². The van der Waals surface area contributed by atoms with Crippen LogP contribution in [0.3, 0.4) is 0 Å². The zero-order valence-electron chi connectivity index (χ0n) is 11.8. The van der Waals surface area contributed by atoms with Gasteiger partial charge in [0.15, 0.2) is 0 Å². The van der Waals surface area contributed by atoms with Crippen molar-refractivity contribution in [1.82, 2.24) is 9.97 Å². The third kappa shape index (κ3) is 7.93. The summed E-state index contributed by atoms with van der Waals surface area (Å²) in [5.74, 6) is 3.18. The van der Waals surface area contributed by atoms with E-state index in [4.69, 9.17) is 5.73 Å². The van der Waals surface area contributed by atoms with E-state index in [1.54, 1.807) is 0 Å². The van der Waals surface area contributed by atoms with Gasteiger partial charge in [-0.2, -0.15) is 11.8 Å². The van der Waals surface area contributed by atoms with Gasteiger partial charge in [0, 0.05) is 18.2 Å². The highest BCUT2D eigenvalue weighted by molar-refractivity contribution is 7.99. The van der Waals surface area contributed by atoms with Crippen LogP contribution in [0.25, 0.3) is 0 Å². The molecule has 0 atom stereocenters. The lowest BCUT2D eigenvalue weighted by Gasteiger charge is -2.03. The van der Waals surface area contributed by atoms with Gasteiger partial charge in [-0.15, -0.1) is 0 Å². The van der Waals surface area contributed by atoms with E-state index in [2.05, 4.69) is 16.9 Å². The second-order valence-electron chi connectivity index (χ2n) is 4.75. The van der Waals surface area contributed by atoms with Gasteiger partial charge in [0.05, 0.1) is 0 Å². The molecule has 5 heteroatoms. The molecule has 1 aromatic heterocycles. The summed E-state index contributed by atoms with van der Waals surface area (Å²) in [5, 5.41) is 0. The highest BCUT2D eigenvalue weighted by Crippen LogP contribution is 2.10. The fourth-order valence-corrected chi connectivity index (χ4v) is 2.85. The number of aromatic amines is 1. The van der Waals surface area contributed by atoms with E-state index in [0.717, 1.165) is 12.2 Å². The maximum atomic E-state index is 11.2. The first-order chi connectivity index (χ1) is 9.22. The molecule has 0 aromatic carbocycles. The van der Waals surface area contributed by atoms with Crippen LogP contribution in [0.15, 0.2) is 10.9 Å². The molecule has 0 saturated carbocycles. The average Bonchev–Trinajstić information content (AvgIpc) is 2.36. The number of hydrogen-bond acceptors (Lipinski definition) is 4. The zero-order valence-corrected chi connectivity index (χ0v) is 12.6. The van der Waals surface area contributed by atoms with E-state index in [9.17, 15) is 4.79 Å². The second-order valence-corrected chi connectivity index (χ2v) is 5.97. The Labute approximate surface area is 119 Å². The fourth-order valence-electron chi connectivity index (χ4n) is 1.90. The molecule has 19 heavy (non-hydrogen) atoms. The van der Waals surface area contributed by atoms with E-state index in [1.807, 2.05) is 11.8 Å². The van der Waals surface area contributed by atoms with Gasteiger partial charge in [-0.05, 0) is 12.2 Å². The van der Waals surface area contributed by atoms with Crippen molar-refractivity contribution in [2.45, 2.75) is 51.9 Å². The number of aryl methyl sites for hydroxylation is 1. The van der Waals surface area contributed by atoms with Gasteiger partial charge >= 0.3 is 0 Å². The van der Waals surface area contributed by atoms with Crippen molar-refractivity contribution in [2.24, 2.45) is 0 Å². The lowest BCUT2D eigenvalue weighted by molar-refractivity contribution is 0.627. The number of aromatic nitrogens is 2. The molecular formula is C14H25N3OS. The predicted octanol–water partition coefficient (Wildman–Crippen LogP) is 2.99. The van der Waals surface area contributed by atoms with Crippen molar-refractivity contribution in [3.05, 3.63) is 22.2 Å². The van der Waals surface area contributed by atoms with Crippen molar-refractivity contribution in [1.29, 1.82) is 0 Å². The molecule has 0 radical (unpaired) electrons. The van der Waals surface area contributed by atoms with Gasteiger partial charge in [-0.1, -0.05) is 39.0 Å². The highest BCUT2D eigenvalue weighted by Gasteiger charge is 1.99. The number of nitrogens with one attached hydrogen (secondary N) is 1. The number of rotatable bonds is 10. The minimum Gasteiger partial charge on any atom is -0.383 e. The van der Waals surface area contributed by atoms with Gasteiger partial charge in [-0.25, -0.2) is 4.98 Å². The molecule has 4 nitrogen and oxygen atoms in total. The number of nitrogens with zero attached hydrogens (tertiary/aromatic N) is 1. The van der Waals surface area contributed by atoms with Crippen molar-refractivity contribution < 1.29 is 0 Å². The topological polar surface area (TPSA) is 71.8 Å². The molecule has 108 valence electrons. The first-order valence-electron chi connectivity index (χ1n) is 7.16. The predicted molar refractivity (Wildman–Crippen MR) is 83.7 cm³/mol. The quantitative estimate of drug-likeness (QED) is 0.648. The van der Waals surface area contributed by atoms with Crippen LogP contribution in [0.4, 0.5) is 5.82 Å². The Balaban J connectivity index is 2.03. The highest BCUT2D eigenvalue weighted by atomic mass is 32.2. The van der Waals surface area contributed by atoms with Gasteiger partial charge < -0.3 is 10.7 Å². The minimum absolute atomic E-state index is 0.163. The monoisotopic (exact) mass is 283 g/mol. The molecule has 0 bridgehead atoms. The van der Waals surface area contributed by atoms with Gasteiger partial charge in [0.2, 0.25) is 0 Å². The van der Waals surface area contributed by atoms with Crippen molar-refractivity contribution in [2.75, 3.05) is 17.2 Å². The maximum Gasteiger partial charge on any atom is 0.252 e. The van der Waals surface area contributed by atoms with Crippen molar-refractivity contribution in [3.8, 4) is 0 Å². The van der Waals surface area contributed by atoms with Gasteiger partial charge in [-0.3, -0.25) is 4.79 Å². The number of hydrogen-bond donors (Lipinski definition) is 2. The molecule has 0 saturated heterocycles. The van der Waals surface area contributed by atoms with Gasteiger partial charge in [0.1, 0.15) is 11.6 Å². The molecule has 1 aromatic rings. The fraction of sp³-hybridized carbons (Fsp3) is 0.714. The Morgan fingerprint density at radius 1 is 1.21 bits per heavy atom. The van der Waals surface area contributed by atoms with E-state index in [1.165, 1.54) is 50.3 Å². The summed E-state index contributed by atoms with van der Waals surface area (Å²) < 4.78 is 0. The Hall–Kier alpha value is -0.970. The number of H-pyrrole nitrogens is 1. The molecule has 0 amide bonds. The van der Waals surface area contributed by atoms with E-state index in [0.29, 0.717) is 11.6 Å². The molecule has 1 heterocycles. The maximum absolute atomic E-state index is 11.2. The van der Waals surface area contributed by atoms with Crippen LogP contribution in [0.2, 0.25) is 0 Å². The van der Waals surface area contributed by atoms with Crippen LogP contribution < -0.4 is 11.3 Å². The third-order valence-corrected chi connectivity index (χ3v) is 4.01. The second kappa shape index (κ2) is 9.89. The summed E-state index contributed by atoms with van der Waals surface area (Å²) >= 11 is 1.92. The molecule has 1 rings (SSSR count). The van der Waals surface area contributed by atoms with Gasteiger partial charge in [0.25, 0.3) is 5.56 Å². The molecule has 0 aliphatic heterocycles. The van der Waals surface area contributed by atoms with E-state index in [-0.39, 0.29) is 5.56 Å². The zero-order chi connectivity index (χ0) is 13.9. The summed E-state index contributed by atoms with van der Waals surface area (Å²) in [7, 11) is 0. The summed E-state index contributed by atoms with van der Waals surface area (Å²) in [6, 6.07) is 1.31. The number of nitrogens with two attached hydrogens (primary N) is 1. The lowest BCUT2D eigenvalue weighted by Crippen LogP contribution is -2.12. The minimum atomic E-state index is -0.163. The first kappa shape index (κ1) is 16.1.